The van der Waals surface area contributed by atoms with E-state index in [1.54, 1.807) is 0 Å². The maximum absolute atomic E-state index is 13.0. The minimum atomic E-state index is -0.556. The third kappa shape index (κ3) is 2.20. The van der Waals surface area contributed by atoms with Crippen molar-refractivity contribution in [2.45, 2.75) is 31.5 Å². The van der Waals surface area contributed by atoms with E-state index in [1.807, 2.05) is 0 Å². The highest BCUT2D eigenvalue weighted by atomic mass is 19.1. The summed E-state index contributed by atoms with van der Waals surface area (Å²) in [6.07, 6.45) is 2.65. The lowest BCUT2D eigenvalue weighted by Crippen LogP contribution is -2.42. The van der Waals surface area contributed by atoms with E-state index in [1.165, 1.54) is 25.9 Å². The maximum Gasteiger partial charge on any atom is 0.114 e. The van der Waals surface area contributed by atoms with E-state index in [9.17, 15) is 4.39 Å². The van der Waals surface area contributed by atoms with Crippen molar-refractivity contribution in [1.82, 2.24) is 9.80 Å². The second kappa shape index (κ2) is 3.93. The van der Waals surface area contributed by atoms with Crippen LogP contribution in [0.4, 0.5) is 4.39 Å². The molecule has 0 spiro atoms. The minimum Gasteiger partial charge on any atom is -0.306 e. The summed E-state index contributed by atoms with van der Waals surface area (Å²) in [5, 5.41) is 0. The van der Waals surface area contributed by atoms with Crippen LogP contribution in [0.1, 0.15) is 19.3 Å². The molecule has 2 aliphatic heterocycles. The summed E-state index contributed by atoms with van der Waals surface area (Å²) in [5.41, 5.74) is 0. The Balaban J connectivity index is 1.81. The van der Waals surface area contributed by atoms with E-state index in [4.69, 9.17) is 0 Å². The van der Waals surface area contributed by atoms with Crippen molar-refractivity contribution in [3.05, 3.63) is 0 Å². The number of halogens is 1. The first kappa shape index (κ1) is 9.41. The van der Waals surface area contributed by atoms with E-state index in [0.717, 1.165) is 13.0 Å². The van der Waals surface area contributed by atoms with E-state index in [0.29, 0.717) is 12.6 Å². The van der Waals surface area contributed by atoms with Crippen LogP contribution in [0.5, 0.6) is 0 Å². The average Bonchev–Trinajstić information content (AvgIpc) is 2.53. The second-order valence-electron chi connectivity index (χ2n) is 4.42. The van der Waals surface area contributed by atoms with Crippen LogP contribution >= 0.6 is 0 Å². The molecule has 1 atom stereocenters. The molecule has 76 valence electrons. The molecule has 0 amide bonds. The lowest BCUT2D eigenvalue weighted by atomic mass is 10.0. The molecule has 2 nitrogen and oxygen atoms in total. The van der Waals surface area contributed by atoms with E-state index >= 15 is 0 Å². The van der Waals surface area contributed by atoms with Gasteiger partial charge in [0.25, 0.3) is 0 Å². The van der Waals surface area contributed by atoms with Gasteiger partial charge in [-0.25, -0.2) is 4.39 Å². The van der Waals surface area contributed by atoms with Crippen molar-refractivity contribution in [1.29, 1.82) is 0 Å². The van der Waals surface area contributed by atoms with E-state index < -0.39 is 6.17 Å². The highest BCUT2D eigenvalue weighted by Crippen LogP contribution is 2.21. The van der Waals surface area contributed by atoms with Gasteiger partial charge < -0.3 is 4.90 Å². The highest BCUT2D eigenvalue weighted by molar-refractivity contribution is 4.84. The summed E-state index contributed by atoms with van der Waals surface area (Å²) in [7, 11) is 2.16. The quantitative estimate of drug-likeness (QED) is 0.605. The molecule has 0 aliphatic carbocycles. The molecule has 0 saturated carbocycles. The van der Waals surface area contributed by atoms with Crippen LogP contribution < -0.4 is 0 Å². The lowest BCUT2D eigenvalue weighted by Gasteiger charge is -2.34. The molecule has 2 aliphatic rings. The molecule has 13 heavy (non-hydrogen) atoms. The Labute approximate surface area is 79.7 Å². The topological polar surface area (TPSA) is 6.48 Å². The van der Waals surface area contributed by atoms with E-state index in [2.05, 4.69) is 16.8 Å². The molecule has 0 aromatic carbocycles. The number of piperidine rings is 1. The first-order chi connectivity index (χ1) is 6.25. The van der Waals surface area contributed by atoms with Gasteiger partial charge in [0.2, 0.25) is 0 Å². The highest BCUT2D eigenvalue weighted by Gasteiger charge is 2.29. The Morgan fingerprint density at radius 1 is 1.08 bits per heavy atom. The fourth-order valence-corrected chi connectivity index (χ4v) is 2.43. The standard InChI is InChI=1S/C10H19FN2/c1-12-5-3-10(4-6-12)13-7-2-9(11)8-13/h9-10H,2-8H2,1H3/t9-/m1/s1. The van der Waals surface area contributed by atoms with E-state index in [-0.39, 0.29) is 0 Å². The van der Waals surface area contributed by atoms with Gasteiger partial charge in [-0.15, -0.1) is 0 Å². The molecule has 0 N–H and O–H groups in total. The van der Waals surface area contributed by atoms with Gasteiger partial charge in [0.15, 0.2) is 0 Å². The number of rotatable bonds is 1. The zero-order chi connectivity index (χ0) is 9.26. The summed E-state index contributed by atoms with van der Waals surface area (Å²) < 4.78 is 13.0. The van der Waals surface area contributed by atoms with Crippen molar-refractivity contribution < 1.29 is 4.39 Å². The largest absolute Gasteiger partial charge is 0.306 e. The molecular formula is C10H19FN2. The molecule has 2 heterocycles. The zero-order valence-corrected chi connectivity index (χ0v) is 8.38. The van der Waals surface area contributed by atoms with Gasteiger partial charge in [-0.3, -0.25) is 4.90 Å². The number of nitrogens with zero attached hydrogens (tertiary/aromatic N) is 2. The molecule has 0 radical (unpaired) electrons. The molecule has 3 heteroatoms. The molecule has 0 bridgehead atoms. The van der Waals surface area contributed by atoms with Crippen molar-refractivity contribution in [3.8, 4) is 0 Å². The van der Waals surface area contributed by atoms with Crippen LogP contribution in [0.2, 0.25) is 0 Å². The van der Waals surface area contributed by atoms with Crippen LogP contribution in [0.25, 0.3) is 0 Å². The van der Waals surface area contributed by atoms with Crippen molar-refractivity contribution in [3.63, 3.8) is 0 Å². The number of hydrogen-bond acceptors (Lipinski definition) is 2. The SMILES string of the molecule is CN1CCC(N2CC[C@@H](F)C2)CC1. The first-order valence-corrected chi connectivity index (χ1v) is 5.32. The van der Waals surface area contributed by atoms with Crippen LogP contribution in [0, 0.1) is 0 Å². The first-order valence-electron chi connectivity index (χ1n) is 5.32. The van der Waals surface area contributed by atoms with Crippen molar-refractivity contribution in [2.75, 3.05) is 33.2 Å². The van der Waals surface area contributed by atoms with Crippen molar-refractivity contribution >= 4 is 0 Å². The average molecular weight is 186 g/mol. The van der Waals surface area contributed by atoms with Crippen LogP contribution in [-0.2, 0) is 0 Å². The fourth-order valence-electron chi connectivity index (χ4n) is 2.43. The van der Waals surface area contributed by atoms with Crippen LogP contribution in [-0.4, -0.2) is 55.2 Å². The van der Waals surface area contributed by atoms with Crippen LogP contribution in [0.15, 0.2) is 0 Å². The van der Waals surface area contributed by atoms with Gasteiger partial charge in [0.1, 0.15) is 6.17 Å². The summed E-state index contributed by atoms with van der Waals surface area (Å²) >= 11 is 0. The molecule has 2 saturated heterocycles. The predicted molar refractivity (Wildman–Crippen MR) is 51.6 cm³/mol. The summed E-state index contributed by atoms with van der Waals surface area (Å²) in [5.74, 6) is 0. The molecule has 0 unspecified atom stereocenters. The Kier molecular flexibility index (Phi) is 2.84. The van der Waals surface area contributed by atoms with Gasteiger partial charge in [-0.2, -0.15) is 0 Å². The monoisotopic (exact) mass is 186 g/mol. The molecule has 0 aromatic rings. The number of alkyl halides is 1. The van der Waals surface area contributed by atoms with Gasteiger partial charge >= 0.3 is 0 Å². The third-order valence-corrected chi connectivity index (χ3v) is 3.37. The Morgan fingerprint density at radius 2 is 1.77 bits per heavy atom. The minimum absolute atomic E-state index is 0.556. The van der Waals surface area contributed by atoms with Gasteiger partial charge in [-0.05, 0) is 39.4 Å². The molecule has 0 aromatic heterocycles. The number of hydrogen-bond donors (Lipinski definition) is 0. The summed E-state index contributed by atoms with van der Waals surface area (Å²) in [6.45, 7) is 4.03. The Bertz CT molecular complexity index is 166. The number of likely N-dealkylation sites (tertiary alicyclic amines) is 2. The van der Waals surface area contributed by atoms with Crippen LogP contribution in [0.3, 0.4) is 0 Å². The van der Waals surface area contributed by atoms with Crippen molar-refractivity contribution in [2.24, 2.45) is 0 Å². The Hall–Kier alpha value is -0.150. The smallest absolute Gasteiger partial charge is 0.114 e. The molecule has 2 rings (SSSR count). The molecule has 2 fully saturated rings. The van der Waals surface area contributed by atoms with Gasteiger partial charge in [0, 0.05) is 19.1 Å². The Morgan fingerprint density at radius 3 is 2.31 bits per heavy atom. The predicted octanol–water partition coefficient (Wildman–Crippen LogP) is 1.12. The maximum atomic E-state index is 13.0. The zero-order valence-electron chi connectivity index (χ0n) is 8.38. The normalized spacial score (nSPS) is 34.2. The fraction of sp³-hybridized carbons (Fsp3) is 1.00. The summed E-state index contributed by atoms with van der Waals surface area (Å²) in [6, 6.07) is 0.664. The van der Waals surface area contributed by atoms with Gasteiger partial charge in [0.05, 0.1) is 0 Å². The lowest BCUT2D eigenvalue weighted by molar-refractivity contribution is 0.136. The molecular weight excluding hydrogens is 167 g/mol. The summed E-state index contributed by atoms with van der Waals surface area (Å²) in [4.78, 5) is 4.71. The second-order valence-corrected chi connectivity index (χ2v) is 4.42. The van der Waals surface area contributed by atoms with Gasteiger partial charge in [-0.1, -0.05) is 0 Å². The third-order valence-electron chi connectivity index (χ3n) is 3.37.